The molecule has 0 aromatic carbocycles. The first-order chi connectivity index (χ1) is 10.3. The van der Waals surface area contributed by atoms with Crippen LogP contribution in [0.4, 0.5) is 18.9 Å². The fraction of sp³-hybridized carbons (Fsp3) is 0.500. The molecule has 0 saturated carbocycles. The van der Waals surface area contributed by atoms with Crippen molar-refractivity contribution in [3.05, 3.63) is 24.0 Å². The molecular formula is C14H16F3N3O2. The Morgan fingerprint density at radius 3 is 2.68 bits per heavy atom. The van der Waals surface area contributed by atoms with Crippen molar-refractivity contribution in [1.82, 2.24) is 9.88 Å². The van der Waals surface area contributed by atoms with Crippen molar-refractivity contribution in [3.63, 3.8) is 0 Å². The molecule has 0 bridgehead atoms. The molecule has 1 fully saturated rings. The zero-order valence-corrected chi connectivity index (χ0v) is 12.0. The normalized spacial score (nSPS) is 18.4. The van der Waals surface area contributed by atoms with Gasteiger partial charge in [-0.1, -0.05) is 6.92 Å². The third-order valence-corrected chi connectivity index (χ3v) is 3.54. The van der Waals surface area contributed by atoms with E-state index < -0.39 is 11.9 Å². The highest BCUT2D eigenvalue weighted by Crippen LogP contribution is 2.28. The first kappa shape index (κ1) is 16.3. The van der Waals surface area contributed by atoms with Gasteiger partial charge in [0, 0.05) is 19.5 Å². The molecule has 1 saturated heterocycles. The molecule has 5 nitrogen and oxygen atoms in total. The Morgan fingerprint density at radius 2 is 2.14 bits per heavy atom. The van der Waals surface area contributed by atoms with E-state index in [1.165, 1.54) is 0 Å². The van der Waals surface area contributed by atoms with Crippen molar-refractivity contribution in [3.8, 4) is 0 Å². The topological polar surface area (TPSA) is 62.3 Å². The molecular weight excluding hydrogens is 299 g/mol. The van der Waals surface area contributed by atoms with Crippen LogP contribution in [0.1, 0.15) is 25.5 Å². The van der Waals surface area contributed by atoms with Crippen LogP contribution < -0.4 is 5.32 Å². The Balaban J connectivity index is 1.94. The highest BCUT2D eigenvalue weighted by molar-refractivity contribution is 5.93. The highest BCUT2D eigenvalue weighted by atomic mass is 19.4. The molecule has 0 spiro atoms. The van der Waals surface area contributed by atoms with E-state index in [0.29, 0.717) is 25.9 Å². The average molecular weight is 315 g/mol. The minimum atomic E-state index is -4.50. The van der Waals surface area contributed by atoms with Crippen molar-refractivity contribution in [2.75, 3.05) is 18.4 Å². The first-order valence-electron chi connectivity index (χ1n) is 6.93. The quantitative estimate of drug-likeness (QED) is 0.931. The van der Waals surface area contributed by atoms with E-state index in [2.05, 4.69) is 10.3 Å². The number of carbonyl (C=O) groups excluding carboxylic acids is 2. The molecule has 1 atom stereocenters. The van der Waals surface area contributed by atoms with Crippen molar-refractivity contribution < 1.29 is 22.8 Å². The van der Waals surface area contributed by atoms with Gasteiger partial charge < -0.3 is 10.2 Å². The van der Waals surface area contributed by atoms with Gasteiger partial charge in [0.2, 0.25) is 11.8 Å². The molecule has 1 aromatic heterocycles. The molecule has 0 aliphatic carbocycles. The van der Waals surface area contributed by atoms with Crippen LogP contribution in [0, 0.1) is 5.92 Å². The molecule has 8 heteroatoms. The number of nitrogens with one attached hydrogen (secondary N) is 1. The van der Waals surface area contributed by atoms with Gasteiger partial charge in [-0.3, -0.25) is 9.59 Å². The Bertz CT molecular complexity index is 557. The number of rotatable bonds is 3. The van der Waals surface area contributed by atoms with Crippen molar-refractivity contribution in [2.24, 2.45) is 5.92 Å². The molecule has 1 aromatic rings. The summed E-state index contributed by atoms with van der Waals surface area (Å²) in [6.45, 7) is 2.62. The minimum absolute atomic E-state index is 0.00787. The second kappa shape index (κ2) is 6.33. The molecule has 22 heavy (non-hydrogen) atoms. The molecule has 2 amide bonds. The van der Waals surface area contributed by atoms with Crippen LogP contribution >= 0.6 is 0 Å². The number of halogens is 3. The first-order valence-corrected chi connectivity index (χ1v) is 6.93. The number of aromatic nitrogens is 1. The van der Waals surface area contributed by atoms with Crippen LogP contribution in [0.5, 0.6) is 0 Å². The fourth-order valence-electron chi connectivity index (χ4n) is 2.30. The second-order valence-corrected chi connectivity index (χ2v) is 5.10. The molecule has 1 N–H and O–H groups in total. The maximum absolute atomic E-state index is 12.4. The largest absolute Gasteiger partial charge is 0.433 e. The van der Waals surface area contributed by atoms with Crippen molar-refractivity contribution in [2.45, 2.75) is 25.9 Å². The predicted octanol–water partition coefficient (Wildman–Crippen LogP) is 2.30. The third kappa shape index (κ3) is 3.75. The van der Waals surface area contributed by atoms with Crippen LogP contribution in [-0.4, -0.2) is 34.8 Å². The number of likely N-dealkylation sites (tertiary alicyclic amines) is 1. The Labute approximate surface area is 125 Å². The summed E-state index contributed by atoms with van der Waals surface area (Å²) in [7, 11) is 0. The molecule has 2 rings (SSSR count). The van der Waals surface area contributed by atoms with Gasteiger partial charge in [-0.25, -0.2) is 4.98 Å². The van der Waals surface area contributed by atoms with E-state index >= 15 is 0 Å². The number of hydrogen-bond donors (Lipinski definition) is 1. The van der Waals surface area contributed by atoms with Crippen LogP contribution in [0.25, 0.3) is 0 Å². The lowest BCUT2D eigenvalue weighted by Crippen LogP contribution is -2.30. The van der Waals surface area contributed by atoms with Gasteiger partial charge in [0.15, 0.2) is 0 Å². The predicted molar refractivity (Wildman–Crippen MR) is 72.8 cm³/mol. The summed E-state index contributed by atoms with van der Waals surface area (Å²) >= 11 is 0. The van der Waals surface area contributed by atoms with Gasteiger partial charge in [0.25, 0.3) is 0 Å². The number of anilines is 1. The Kier molecular flexibility index (Phi) is 4.68. The summed E-state index contributed by atoms with van der Waals surface area (Å²) < 4.78 is 37.2. The summed E-state index contributed by atoms with van der Waals surface area (Å²) in [5.41, 5.74) is -0.802. The van der Waals surface area contributed by atoms with E-state index in [-0.39, 0.29) is 23.4 Å². The van der Waals surface area contributed by atoms with Crippen molar-refractivity contribution in [1.29, 1.82) is 0 Å². The number of amides is 2. The summed E-state index contributed by atoms with van der Waals surface area (Å²) in [5, 5.41) is 2.53. The van der Waals surface area contributed by atoms with E-state index in [4.69, 9.17) is 0 Å². The van der Waals surface area contributed by atoms with Gasteiger partial charge in [0.1, 0.15) is 5.69 Å². The molecule has 0 radical (unpaired) electrons. The van der Waals surface area contributed by atoms with Crippen LogP contribution in [0.3, 0.4) is 0 Å². The number of hydrogen-bond acceptors (Lipinski definition) is 3. The molecule has 120 valence electrons. The average Bonchev–Trinajstić information content (AvgIpc) is 2.96. The molecule has 1 aliphatic rings. The zero-order chi connectivity index (χ0) is 16.3. The maximum Gasteiger partial charge on any atom is 0.433 e. The van der Waals surface area contributed by atoms with Crippen LogP contribution in [0.15, 0.2) is 18.3 Å². The second-order valence-electron chi connectivity index (χ2n) is 5.10. The third-order valence-electron chi connectivity index (χ3n) is 3.54. The van der Waals surface area contributed by atoms with Gasteiger partial charge in [-0.05, 0) is 18.6 Å². The summed E-state index contributed by atoms with van der Waals surface area (Å²) in [4.78, 5) is 28.5. The van der Waals surface area contributed by atoms with E-state index in [1.54, 1.807) is 11.8 Å². The van der Waals surface area contributed by atoms with E-state index in [9.17, 15) is 22.8 Å². The molecule has 1 aliphatic heterocycles. The smallest absolute Gasteiger partial charge is 0.342 e. The lowest BCUT2D eigenvalue weighted by atomic mass is 10.1. The van der Waals surface area contributed by atoms with Gasteiger partial charge in [-0.15, -0.1) is 0 Å². The highest BCUT2D eigenvalue weighted by Gasteiger charge is 2.33. The summed E-state index contributed by atoms with van der Waals surface area (Å²) in [6, 6.07) is 1.98. The SMILES string of the molecule is CCC(=O)N1CCC(C(=O)Nc2ccc(C(F)(F)F)nc2)C1. The fourth-order valence-corrected chi connectivity index (χ4v) is 2.30. The van der Waals surface area contributed by atoms with Crippen LogP contribution in [0.2, 0.25) is 0 Å². The molecule has 1 unspecified atom stereocenters. The maximum atomic E-state index is 12.4. The Hall–Kier alpha value is -2.12. The summed E-state index contributed by atoms with van der Waals surface area (Å²) in [5.74, 6) is -0.669. The molecule has 2 heterocycles. The van der Waals surface area contributed by atoms with E-state index in [1.807, 2.05) is 0 Å². The Morgan fingerprint density at radius 1 is 1.41 bits per heavy atom. The number of pyridine rings is 1. The van der Waals surface area contributed by atoms with E-state index in [0.717, 1.165) is 18.3 Å². The zero-order valence-electron chi connectivity index (χ0n) is 12.0. The number of carbonyl (C=O) groups is 2. The summed E-state index contributed by atoms with van der Waals surface area (Å²) in [6.07, 6.45) is -2.59. The van der Waals surface area contributed by atoms with Gasteiger partial charge in [0.05, 0.1) is 17.8 Å². The van der Waals surface area contributed by atoms with Crippen LogP contribution in [-0.2, 0) is 15.8 Å². The van der Waals surface area contributed by atoms with Gasteiger partial charge >= 0.3 is 6.18 Å². The minimum Gasteiger partial charge on any atom is -0.342 e. The van der Waals surface area contributed by atoms with Crippen molar-refractivity contribution >= 4 is 17.5 Å². The monoisotopic (exact) mass is 315 g/mol. The number of alkyl halides is 3. The lowest BCUT2D eigenvalue weighted by Gasteiger charge is -2.15. The standard InChI is InChI=1S/C14H16F3N3O2/c1-2-12(21)20-6-5-9(8-20)13(22)19-10-3-4-11(18-7-10)14(15,16)17/h3-4,7,9H,2,5-6,8H2,1H3,(H,19,22). The number of nitrogens with zero attached hydrogens (tertiary/aromatic N) is 2. The van der Waals surface area contributed by atoms with Gasteiger partial charge in [-0.2, -0.15) is 13.2 Å². The lowest BCUT2D eigenvalue weighted by molar-refractivity contribution is -0.141.